The molecule has 2 aromatic heterocycles. The molecular formula is C22H30N6O3. The highest BCUT2D eigenvalue weighted by Crippen LogP contribution is 2.40. The summed E-state index contributed by atoms with van der Waals surface area (Å²) in [5.74, 6) is 0.803. The number of pyridine rings is 1. The number of β-amino-alcohol motifs (C(OH)–C–C–N with tert-alkyl or cyclic N) is 1. The van der Waals surface area contributed by atoms with Crippen LogP contribution in [-0.2, 0) is 16.8 Å². The zero-order chi connectivity index (χ0) is 21.3. The minimum atomic E-state index is -0.346. The van der Waals surface area contributed by atoms with E-state index >= 15 is 0 Å². The molecule has 3 aliphatic heterocycles. The molecule has 9 nitrogen and oxygen atoms in total. The Morgan fingerprint density at radius 2 is 2.00 bits per heavy atom. The second-order valence-electron chi connectivity index (χ2n) is 8.58. The molecule has 5 heterocycles. The van der Waals surface area contributed by atoms with Crippen LogP contribution < -0.4 is 4.90 Å². The number of nitrogens with one attached hydrogen (secondary N) is 1. The summed E-state index contributed by atoms with van der Waals surface area (Å²) in [6, 6.07) is 3.73. The Bertz CT molecular complexity index is 915. The number of nitrogens with zero attached hydrogens (tertiary/aromatic N) is 5. The summed E-state index contributed by atoms with van der Waals surface area (Å²) in [6.45, 7) is 6.20. The molecule has 0 saturated carbocycles. The van der Waals surface area contributed by atoms with Crippen LogP contribution in [0.25, 0.3) is 0 Å². The first kappa shape index (κ1) is 20.4. The van der Waals surface area contributed by atoms with Crippen molar-refractivity contribution >= 4 is 11.7 Å². The van der Waals surface area contributed by atoms with Crippen LogP contribution in [0.3, 0.4) is 0 Å². The monoisotopic (exact) mass is 426 g/mol. The fourth-order valence-corrected chi connectivity index (χ4v) is 5.10. The third-order valence-electron chi connectivity index (χ3n) is 6.89. The van der Waals surface area contributed by atoms with Crippen molar-refractivity contribution in [1.82, 2.24) is 25.0 Å². The second-order valence-corrected chi connectivity index (χ2v) is 8.58. The number of aromatic nitrogens is 3. The summed E-state index contributed by atoms with van der Waals surface area (Å²) in [6.07, 6.45) is 6.08. The summed E-state index contributed by atoms with van der Waals surface area (Å²) in [4.78, 5) is 24.4. The number of aliphatic hydroxyl groups is 1. The number of amides is 1. The fraction of sp³-hybridized carbons (Fsp3) is 0.591. The van der Waals surface area contributed by atoms with Gasteiger partial charge in [0.05, 0.1) is 30.7 Å². The first-order valence-corrected chi connectivity index (χ1v) is 11.2. The Hall–Kier alpha value is -2.49. The van der Waals surface area contributed by atoms with Gasteiger partial charge in [-0.2, -0.15) is 5.10 Å². The smallest absolute Gasteiger partial charge is 0.257 e. The first-order valence-electron chi connectivity index (χ1n) is 11.2. The number of likely N-dealkylation sites (tertiary alicyclic amines) is 1. The molecule has 2 N–H and O–H groups in total. The molecule has 2 fully saturated rings. The number of carbonyl (C=O) groups is 1. The van der Waals surface area contributed by atoms with E-state index in [4.69, 9.17) is 9.84 Å². The molecule has 2 saturated heterocycles. The van der Waals surface area contributed by atoms with Gasteiger partial charge in [0.15, 0.2) is 0 Å². The Balaban J connectivity index is 1.28. The summed E-state index contributed by atoms with van der Waals surface area (Å²) in [5, 5.41) is 16.5. The molecule has 1 amide bonds. The molecule has 0 bridgehead atoms. The number of hydrogen-bond acceptors (Lipinski definition) is 7. The summed E-state index contributed by atoms with van der Waals surface area (Å²) >= 11 is 0. The van der Waals surface area contributed by atoms with E-state index < -0.39 is 0 Å². The number of H-pyrrole nitrogens is 1. The maximum atomic E-state index is 13.5. The maximum absolute atomic E-state index is 13.5. The SMILES string of the molecule is O=C(c1cccnc1N1CCN(CCO)CC1)N1CCC2(CC1)OCCc1cn[nH]c12. The fourth-order valence-electron chi connectivity index (χ4n) is 5.10. The minimum absolute atomic E-state index is 0.0383. The highest BCUT2D eigenvalue weighted by Gasteiger charge is 2.43. The summed E-state index contributed by atoms with van der Waals surface area (Å²) in [5.41, 5.74) is 2.65. The van der Waals surface area contributed by atoms with Crippen molar-refractivity contribution in [3.8, 4) is 0 Å². The lowest BCUT2D eigenvalue weighted by molar-refractivity contribution is -0.0962. The van der Waals surface area contributed by atoms with Gasteiger partial charge < -0.3 is 19.6 Å². The molecule has 166 valence electrons. The number of hydrogen-bond donors (Lipinski definition) is 2. The zero-order valence-electron chi connectivity index (χ0n) is 17.8. The van der Waals surface area contributed by atoms with E-state index in [1.165, 1.54) is 5.56 Å². The quantitative estimate of drug-likeness (QED) is 0.740. The predicted molar refractivity (Wildman–Crippen MR) is 115 cm³/mol. The standard InChI is InChI=1S/C22H30N6O3/c29-14-13-26-9-11-27(12-10-26)20-18(2-1-6-23-20)21(30)28-7-4-22(5-8-28)19-17(3-15-31-22)16-24-25-19/h1-2,6,16,29H,3-5,7-15H2,(H,24,25). The van der Waals surface area contributed by atoms with Crippen molar-refractivity contribution < 1.29 is 14.6 Å². The van der Waals surface area contributed by atoms with E-state index in [0.717, 1.165) is 57.0 Å². The van der Waals surface area contributed by atoms with Gasteiger partial charge in [0.1, 0.15) is 11.4 Å². The third-order valence-corrected chi connectivity index (χ3v) is 6.89. The van der Waals surface area contributed by atoms with E-state index in [1.54, 1.807) is 6.20 Å². The van der Waals surface area contributed by atoms with E-state index in [9.17, 15) is 4.79 Å². The van der Waals surface area contributed by atoms with Crippen molar-refractivity contribution in [3.05, 3.63) is 41.3 Å². The highest BCUT2D eigenvalue weighted by molar-refractivity contribution is 5.99. The summed E-state index contributed by atoms with van der Waals surface area (Å²) in [7, 11) is 0. The molecule has 9 heteroatoms. The topological polar surface area (TPSA) is 97.8 Å². The normalized spacial score (nSPS) is 21.3. The van der Waals surface area contributed by atoms with Crippen LogP contribution in [0.2, 0.25) is 0 Å². The second kappa shape index (κ2) is 8.57. The number of aliphatic hydroxyl groups excluding tert-OH is 1. The van der Waals surface area contributed by atoms with Gasteiger partial charge in [-0.1, -0.05) is 0 Å². The average molecular weight is 427 g/mol. The molecule has 0 radical (unpaired) electrons. The Morgan fingerprint density at radius 3 is 2.77 bits per heavy atom. The van der Waals surface area contributed by atoms with Crippen molar-refractivity contribution in [2.75, 3.05) is 63.9 Å². The predicted octanol–water partition coefficient (Wildman–Crippen LogP) is 0.623. The van der Waals surface area contributed by atoms with Crippen LogP contribution in [0.15, 0.2) is 24.5 Å². The van der Waals surface area contributed by atoms with Gasteiger partial charge in [-0.3, -0.25) is 14.8 Å². The number of piperidine rings is 1. The van der Waals surface area contributed by atoms with Gasteiger partial charge in [-0.15, -0.1) is 0 Å². The largest absolute Gasteiger partial charge is 0.395 e. The lowest BCUT2D eigenvalue weighted by Crippen LogP contribution is -2.50. The minimum Gasteiger partial charge on any atom is -0.395 e. The van der Waals surface area contributed by atoms with Crippen LogP contribution in [-0.4, -0.2) is 95.0 Å². The number of fused-ring (bicyclic) bond motifs is 2. The van der Waals surface area contributed by atoms with Gasteiger partial charge >= 0.3 is 0 Å². The average Bonchev–Trinajstić information content (AvgIpc) is 3.31. The van der Waals surface area contributed by atoms with Gasteiger partial charge in [0.25, 0.3) is 5.91 Å². The molecule has 0 aromatic carbocycles. The van der Waals surface area contributed by atoms with E-state index in [1.807, 2.05) is 23.2 Å². The lowest BCUT2D eigenvalue weighted by Gasteiger charge is -2.43. The van der Waals surface area contributed by atoms with Crippen molar-refractivity contribution in [1.29, 1.82) is 0 Å². The third kappa shape index (κ3) is 3.81. The van der Waals surface area contributed by atoms with E-state index in [2.05, 4.69) is 25.0 Å². The molecular weight excluding hydrogens is 396 g/mol. The van der Waals surface area contributed by atoms with Gasteiger partial charge in [0.2, 0.25) is 0 Å². The van der Waals surface area contributed by atoms with Crippen LogP contribution in [0.1, 0.15) is 34.5 Å². The molecule has 0 unspecified atom stereocenters. The van der Waals surface area contributed by atoms with Crippen molar-refractivity contribution in [2.24, 2.45) is 0 Å². The number of rotatable bonds is 4. The molecule has 0 aliphatic carbocycles. The number of ether oxygens (including phenoxy) is 1. The Morgan fingerprint density at radius 1 is 1.19 bits per heavy atom. The number of carbonyl (C=O) groups excluding carboxylic acids is 1. The molecule has 0 atom stereocenters. The number of anilines is 1. The van der Waals surface area contributed by atoms with Crippen molar-refractivity contribution in [2.45, 2.75) is 24.9 Å². The maximum Gasteiger partial charge on any atom is 0.257 e. The number of aromatic amines is 1. The molecule has 5 rings (SSSR count). The van der Waals surface area contributed by atoms with Crippen LogP contribution in [0.5, 0.6) is 0 Å². The van der Waals surface area contributed by atoms with Gasteiger partial charge in [-0.05, 0) is 37.0 Å². The number of piperazine rings is 1. The molecule has 2 aromatic rings. The Kier molecular flexibility index (Phi) is 5.64. The lowest BCUT2D eigenvalue weighted by atomic mass is 9.83. The molecule has 31 heavy (non-hydrogen) atoms. The van der Waals surface area contributed by atoms with Gasteiger partial charge in [-0.25, -0.2) is 4.98 Å². The zero-order valence-corrected chi connectivity index (χ0v) is 17.8. The summed E-state index contributed by atoms with van der Waals surface area (Å²) < 4.78 is 6.22. The van der Waals surface area contributed by atoms with E-state index in [-0.39, 0.29) is 18.1 Å². The molecule has 3 aliphatic rings. The molecule has 1 spiro atoms. The Labute approximate surface area is 182 Å². The van der Waals surface area contributed by atoms with Crippen LogP contribution in [0, 0.1) is 0 Å². The highest BCUT2D eigenvalue weighted by atomic mass is 16.5. The van der Waals surface area contributed by atoms with E-state index in [0.29, 0.717) is 31.8 Å². The first-order chi connectivity index (χ1) is 15.2. The van der Waals surface area contributed by atoms with Gasteiger partial charge in [0, 0.05) is 52.0 Å². The van der Waals surface area contributed by atoms with Crippen LogP contribution in [0.4, 0.5) is 5.82 Å². The van der Waals surface area contributed by atoms with Crippen LogP contribution >= 0.6 is 0 Å². The van der Waals surface area contributed by atoms with Crippen molar-refractivity contribution in [3.63, 3.8) is 0 Å².